The number of aliphatic hydroxyl groups is 2. The molecule has 0 aromatic heterocycles. The van der Waals surface area contributed by atoms with E-state index in [0.29, 0.717) is 18.8 Å². The van der Waals surface area contributed by atoms with Crippen LogP contribution in [-0.4, -0.2) is 85.7 Å². The number of carbonyl (C=O) groups excluding carboxylic acids is 3. The maximum atomic E-state index is 13.0. The lowest BCUT2D eigenvalue weighted by molar-refractivity contribution is -0.928. The van der Waals surface area contributed by atoms with E-state index in [1.807, 2.05) is 6.07 Å². The van der Waals surface area contributed by atoms with Gasteiger partial charge >= 0.3 is 0 Å². The molecule has 9 nitrogen and oxygen atoms in total. The molecule has 2 aromatic carbocycles. The van der Waals surface area contributed by atoms with E-state index in [9.17, 15) is 33.0 Å². The highest BCUT2D eigenvalue weighted by Crippen LogP contribution is 2.28. The van der Waals surface area contributed by atoms with Gasteiger partial charge in [0.2, 0.25) is 5.91 Å². The molecule has 1 atom stereocenters. The van der Waals surface area contributed by atoms with Crippen LogP contribution in [0.15, 0.2) is 59.5 Å². The molecule has 0 aliphatic carbocycles. The van der Waals surface area contributed by atoms with Gasteiger partial charge in [0.05, 0.1) is 37.4 Å². The number of quaternary nitrogens is 1. The summed E-state index contributed by atoms with van der Waals surface area (Å²) in [6, 6.07) is 17.0. The standard InChI is InChI=1S/C33H46N2O7S/c1-33(2,24-36)31(39)32(40)34-19-15-30(38)29(37)14-11-25-9-12-28(13-10-25)43(41,42)22-18-26-16-20-35(3,21-17-26)23-27-7-5-4-6-8-27/h4-10,12-13,26,31,36,39H,11,14-24H2,1-3H3/p+1/t26?,31-,35?/m0/s1. The first-order chi connectivity index (χ1) is 20.2. The summed E-state index contributed by atoms with van der Waals surface area (Å²) < 4.78 is 27.0. The number of nitrogens with one attached hydrogen (secondary N) is 1. The number of sulfone groups is 1. The summed E-state index contributed by atoms with van der Waals surface area (Å²) in [4.78, 5) is 36.7. The number of likely N-dealkylation sites (tertiary alicyclic amines) is 1. The number of benzene rings is 2. The largest absolute Gasteiger partial charge is 0.396 e. The van der Waals surface area contributed by atoms with Crippen LogP contribution in [-0.2, 0) is 37.2 Å². The minimum absolute atomic E-state index is 0.0254. The van der Waals surface area contributed by atoms with E-state index in [0.717, 1.165) is 42.5 Å². The molecule has 10 heteroatoms. The van der Waals surface area contributed by atoms with E-state index in [-0.39, 0.29) is 36.6 Å². The van der Waals surface area contributed by atoms with Crippen molar-refractivity contribution < 1.29 is 37.5 Å². The van der Waals surface area contributed by atoms with Crippen molar-refractivity contribution in [2.75, 3.05) is 39.0 Å². The van der Waals surface area contributed by atoms with Gasteiger partial charge in [-0.2, -0.15) is 0 Å². The molecule has 1 heterocycles. The number of ketones is 2. The fourth-order valence-electron chi connectivity index (χ4n) is 5.39. The Labute approximate surface area is 255 Å². The van der Waals surface area contributed by atoms with Crippen molar-refractivity contribution in [3.8, 4) is 0 Å². The molecule has 1 saturated heterocycles. The summed E-state index contributed by atoms with van der Waals surface area (Å²) in [5.41, 5.74) is 1.05. The van der Waals surface area contributed by atoms with Crippen LogP contribution in [0.25, 0.3) is 0 Å². The summed E-state index contributed by atoms with van der Waals surface area (Å²) in [7, 11) is -1.15. The van der Waals surface area contributed by atoms with Crippen molar-refractivity contribution in [1.82, 2.24) is 5.32 Å². The fraction of sp³-hybridized carbons (Fsp3) is 0.545. The van der Waals surface area contributed by atoms with Gasteiger partial charge in [0.15, 0.2) is 21.4 Å². The molecule has 0 unspecified atom stereocenters. The van der Waals surface area contributed by atoms with Gasteiger partial charge in [-0.15, -0.1) is 0 Å². The smallest absolute Gasteiger partial charge is 0.249 e. The second-order valence-electron chi connectivity index (χ2n) is 12.8. The molecule has 43 heavy (non-hydrogen) atoms. The molecule has 3 N–H and O–H groups in total. The predicted octanol–water partition coefficient (Wildman–Crippen LogP) is 2.86. The number of aryl methyl sites for hydroxylation is 1. The maximum Gasteiger partial charge on any atom is 0.249 e. The third kappa shape index (κ3) is 10.3. The molecule has 0 spiro atoms. The molecular weight excluding hydrogens is 568 g/mol. The maximum absolute atomic E-state index is 13.0. The Balaban J connectivity index is 1.39. The van der Waals surface area contributed by atoms with E-state index < -0.39 is 38.8 Å². The number of piperidine rings is 1. The predicted molar refractivity (Wildman–Crippen MR) is 165 cm³/mol. The lowest BCUT2D eigenvalue weighted by Gasteiger charge is -2.40. The average Bonchev–Trinajstić information content (AvgIpc) is 2.99. The zero-order chi connectivity index (χ0) is 31.7. The second-order valence-corrected chi connectivity index (χ2v) is 15.0. The SMILES string of the molecule is CC(C)(CO)[C@@H](O)C(=O)NCCC(=O)C(=O)CCc1ccc(S(=O)(=O)CCC2CC[N+](C)(Cc3ccccc3)CC2)cc1. The summed E-state index contributed by atoms with van der Waals surface area (Å²) >= 11 is 0. The van der Waals surface area contributed by atoms with Gasteiger partial charge in [-0.1, -0.05) is 56.3 Å². The summed E-state index contributed by atoms with van der Waals surface area (Å²) in [5.74, 6) is -1.41. The van der Waals surface area contributed by atoms with Crippen LogP contribution in [0.1, 0.15) is 57.1 Å². The summed E-state index contributed by atoms with van der Waals surface area (Å²) in [5, 5.41) is 21.7. The lowest BCUT2D eigenvalue weighted by Crippen LogP contribution is -2.49. The Hall–Kier alpha value is -2.92. The summed E-state index contributed by atoms with van der Waals surface area (Å²) in [6.07, 6.45) is 1.31. The third-order valence-corrected chi connectivity index (χ3v) is 10.4. The van der Waals surface area contributed by atoms with Crippen LogP contribution >= 0.6 is 0 Å². The zero-order valence-electron chi connectivity index (χ0n) is 25.6. The molecule has 1 amide bonds. The Bertz CT molecular complexity index is 1330. The van der Waals surface area contributed by atoms with Crippen molar-refractivity contribution in [3.05, 3.63) is 65.7 Å². The quantitative estimate of drug-likeness (QED) is 0.195. The highest BCUT2D eigenvalue weighted by molar-refractivity contribution is 7.91. The molecule has 1 aliphatic rings. The van der Waals surface area contributed by atoms with Gasteiger partial charge in [-0.05, 0) is 49.3 Å². The van der Waals surface area contributed by atoms with Gasteiger partial charge in [-0.3, -0.25) is 14.4 Å². The molecule has 2 aromatic rings. The van der Waals surface area contributed by atoms with Crippen LogP contribution < -0.4 is 5.32 Å². The van der Waals surface area contributed by atoms with Crippen molar-refractivity contribution >= 4 is 27.3 Å². The molecule has 236 valence electrons. The van der Waals surface area contributed by atoms with E-state index in [1.54, 1.807) is 24.3 Å². The first-order valence-corrected chi connectivity index (χ1v) is 16.7. The first-order valence-electron chi connectivity index (χ1n) is 15.1. The number of rotatable bonds is 16. The van der Waals surface area contributed by atoms with E-state index in [2.05, 4.69) is 36.6 Å². The fourth-order valence-corrected chi connectivity index (χ4v) is 6.82. The van der Waals surface area contributed by atoms with Gasteiger partial charge in [0.1, 0.15) is 12.6 Å². The van der Waals surface area contributed by atoms with Gasteiger partial charge < -0.3 is 20.0 Å². The number of carbonyl (C=O) groups is 3. The Morgan fingerprint density at radius 3 is 2.16 bits per heavy atom. The molecule has 0 saturated carbocycles. The highest BCUT2D eigenvalue weighted by atomic mass is 32.2. The summed E-state index contributed by atoms with van der Waals surface area (Å²) in [6.45, 7) is 5.65. The molecule has 1 fully saturated rings. The average molecular weight is 616 g/mol. The van der Waals surface area contributed by atoms with Crippen LogP contribution in [0.5, 0.6) is 0 Å². The van der Waals surface area contributed by atoms with Crippen molar-refractivity contribution in [2.24, 2.45) is 11.3 Å². The topological polar surface area (TPSA) is 138 Å². The van der Waals surface area contributed by atoms with E-state index in [4.69, 9.17) is 0 Å². The number of Topliss-reactive ketones (excluding diaryl/α,β-unsaturated/α-hetero) is 2. The Morgan fingerprint density at radius 1 is 0.953 bits per heavy atom. The highest BCUT2D eigenvalue weighted by Gasteiger charge is 2.33. The lowest BCUT2D eigenvalue weighted by atomic mass is 9.87. The number of aliphatic hydroxyl groups excluding tert-OH is 2. The minimum atomic E-state index is -3.43. The van der Waals surface area contributed by atoms with Crippen LogP contribution in [0, 0.1) is 11.3 Å². The van der Waals surface area contributed by atoms with Crippen molar-refractivity contribution in [3.63, 3.8) is 0 Å². The van der Waals surface area contributed by atoms with Crippen LogP contribution in [0.3, 0.4) is 0 Å². The van der Waals surface area contributed by atoms with Crippen molar-refractivity contribution in [2.45, 2.75) is 69.9 Å². The minimum Gasteiger partial charge on any atom is -0.396 e. The monoisotopic (exact) mass is 615 g/mol. The van der Waals surface area contributed by atoms with Gasteiger partial charge in [-0.25, -0.2) is 8.42 Å². The van der Waals surface area contributed by atoms with Gasteiger partial charge in [0, 0.05) is 30.4 Å². The van der Waals surface area contributed by atoms with Crippen molar-refractivity contribution in [1.29, 1.82) is 0 Å². The molecule has 0 radical (unpaired) electrons. The first kappa shape index (κ1) is 34.6. The number of hydrogen-bond donors (Lipinski definition) is 3. The third-order valence-electron chi connectivity index (χ3n) is 8.64. The van der Waals surface area contributed by atoms with E-state index >= 15 is 0 Å². The number of nitrogens with zero attached hydrogens (tertiary/aromatic N) is 1. The zero-order valence-corrected chi connectivity index (χ0v) is 26.4. The Kier molecular flexibility index (Phi) is 12.2. The molecular formula is C33H47N2O7S+. The molecule has 1 aliphatic heterocycles. The molecule has 0 bridgehead atoms. The number of amides is 1. The Morgan fingerprint density at radius 2 is 1.56 bits per heavy atom. The van der Waals surface area contributed by atoms with Gasteiger partial charge in [0.25, 0.3) is 0 Å². The number of hydrogen-bond acceptors (Lipinski definition) is 7. The second kappa shape index (κ2) is 15.2. The van der Waals surface area contributed by atoms with Crippen LogP contribution in [0.4, 0.5) is 0 Å². The van der Waals surface area contributed by atoms with E-state index in [1.165, 1.54) is 19.4 Å². The molecule has 3 rings (SSSR count). The van der Waals surface area contributed by atoms with Crippen LogP contribution in [0.2, 0.25) is 0 Å². The normalized spacial score (nSPS) is 19.9.